The Morgan fingerprint density at radius 1 is 1.12 bits per heavy atom. The number of hydrogen-bond donors (Lipinski definition) is 1. The minimum absolute atomic E-state index is 0.329. The van der Waals surface area contributed by atoms with E-state index >= 15 is 0 Å². The number of ether oxygens (including phenoxy) is 1. The molecule has 3 heterocycles. The number of furan rings is 1. The maximum atomic E-state index is 13.2. The Labute approximate surface area is 194 Å². The number of fused-ring (bicyclic) bond motifs is 2. The fourth-order valence-corrected chi connectivity index (χ4v) is 4.75. The van der Waals surface area contributed by atoms with Crippen molar-refractivity contribution in [1.82, 2.24) is 10.3 Å². The predicted molar refractivity (Wildman–Crippen MR) is 128 cm³/mol. The molecule has 0 saturated carbocycles. The van der Waals surface area contributed by atoms with Crippen LogP contribution in [0.1, 0.15) is 45.1 Å². The highest BCUT2D eigenvalue weighted by Gasteiger charge is 2.26. The van der Waals surface area contributed by atoms with Crippen LogP contribution in [0.15, 0.2) is 64.6 Å². The van der Waals surface area contributed by atoms with Crippen molar-refractivity contribution in [1.29, 1.82) is 0 Å². The summed E-state index contributed by atoms with van der Waals surface area (Å²) in [5.41, 5.74) is 3.90. The van der Waals surface area contributed by atoms with E-state index in [1.807, 2.05) is 60.0 Å². The van der Waals surface area contributed by atoms with E-state index in [0.717, 1.165) is 57.6 Å². The predicted octanol–water partition coefficient (Wildman–Crippen LogP) is 5.24. The number of allylic oxidation sites excluding steroid dienone is 1. The van der Waals surface area contributed by atoms with Gasteiger partial charge in [-0.2, -0.15) is 0 Å². The molecule has 3 aromatic heterocycles. The average Bonchev–Trinajstić information content (AvgIpc) is 3.54. The summed E-state index contributed by atoms with van der Waals surface area (Å²) in [5, 5.41) is 5.47. The zero-order chi connectivity index (χ0) is 22.6. The molecular formula is C26H22N2O4S. The van der Waals surface area contributed by atoms with Gasteiger partial charge in [0.1, 0.15) is 5.76 Å². The maximum Gasteiger partial charge on any atom is 0.339 e. The lowest BCUT2D eigenvalue weighted by atomic mass is 9.86. The van der Waals surface area contributed by atoms with Crippen LogP contribution in [0.4, 0.5) is 0 Å². The topological polar surface area (TPSA) is 81.4 Å². The van der Waals surface area contributed by atoms with E-state index in [1.54, 1.807) is 17.6 Å². The highest BCUT2D eigenvalue weighted by Crippen LogP contribution is 2.36. The smallest absolute Gasteiger partial charge is 0.339 e. The number of carbonyl (C=O) groups excluding carboxylic acids is 2. The van der Waals surface area contributed by atoms with Gasteiger partial charge in [0.05, 0.1) is 29.6 Å². The molecule has 1 N–H and O–H groups in total. The van der Waals surface area contributed by atoms with Crippen molar-refractivity contribution in [3.05, 3.63) is 87.6 Å². The quantitative estimate of drug-likeness (QED) is 0.400. The van der Waals surface area contributed by atoms with Gasteiger partial charge >= 0.3 is 5.97 Å². The second-order valence-corrected chi connectivity index (χ2v) is 8.83. The Morgan fingerprint density at radius 2 is 2.03 bits per heavy atom. The van der Waals surface area contributed by atoms with Gasteiger partial charge in [-0.25, -0.2) is 9.78 Å². The summed E-state index contributed by atoms with van der Waals surface area (Å²) in [6.07, 6.45) is 6.07. The number of para-hydroxylation sites is 1. The molecule has 0 spiro atoms. The van der Waals surface area contributed by atoms with Gasteiger partial charge in [-0.15, -0.1) is 11.3 Å². The van der Waals surface area contributed by atoms with Gasteiger partial charge in [-0.05, 0) is 66.1 Å². The minimum atomic E-state index is -0.504. The number of nitrogens with one attached hydrogen (secondary N) is 1. The largest absolute Gasteiger partial charge is 0.465 e. The Bertz CT molecular complexity index is 1320. The van der Waals surface area contributed by atoms with E-state index in [4.69, 9.17) is 14.1 Å². The van der Waals surface area contributed by atoms with Gasteiger partial charge in [0.15, 0.2) is 6.61 Å². The molecule has 0 atom stereocenters. The van der Waals surface area contributed by atoms with Crippen LogP contribution in [0.3, 0.4) is 0 Å². The summed E-state index contributed by atoms with van der Waals surface area (Å²) in [5.74, 6) is -0.0860. The second kappa shape index (κ2) is 9.42. The third kappa shape index (κ3) is 4.59. The van der Waals surface area contributed by atoms with Crippen LogP contribution >= 0.6 is 11.3 Å². The lowest BCUT2D eigenvalue weighted by Crippen LogP contribution is -2.28. The van der Waals surface area contributed by atoms with Crippen molar-refractivity contribution in [3.8, 4) is 0 Å². The highest BCUT2D eigenvalue weighted by molar-refractivity contribution is 7.09. The van der Waals surface area contributed by atoms with Crippen LogP contribution in [0.2, 0.25) is 0 Å². The zero-order valence-corrected chi connectivity index (χ0v) is 18.7. The fourth-order valence-electron chi connectivity index (χ4n) is 4.11. The zero-order valence-electron chi connectivity index (χ0n) is 17.9. The van der Waals surface area contributed by atoms with Crippen LogP contribution < -0.4 is 5.32 Å². The molecule has 1 amide bonds. The molecule has 0 bridgehead atoms. The molecule has 0 radical (unpaired) electrons. The van der Waals surface area contributed by atoms with Crippen LogP contribution in [0.5, 0.6) is 0 Å². The first kappa shape index (κ1) is 21.2. The number of hydrogen-bond acceptors (Lipinski definition) is 6. The number of thiophene rings is 1. The van der Waals surface area contributed by atoms with Gasteiger partial charge in [0, 0.05) is 10.3 Å². The lowest BCUT2D eigenvalue weighted by Gasteiger charge is -2.22. The molecule has 1 aliphatic rings. The summed E-state index contributed by atoms with van der Waals surface area (Å²) < 4.78 is 11.0. The number of carbonyl (C=O) groups is 2. The standard InChI is InChI=1S/C26H22N2O4S/c29-23(27-15-19-8-5-13-33-19)16-32-26(30)24-20-9-1-2-11-22(20)28-25-17(6-3-10-21(24)25)14-18-7-4-12-31-18/h1-2,4-5,7-9,11-14H,3,6,10,15-16H2,(H,27,29)/b17-14+. The summed E-state index contributed by atoms with van der Waals surface area (Å²) in [4.78, 5) is 31.4. The molecule has 1 aliphatic carbocycles. The number of nitrogens with zero attached hydrogens (tertiary/aromatic N) is 1. The fraction of sp³-hybridized carbons (Fsp3) is 0.192. The van der Waals surface area contributed by atoms with Crippen molar-refractivity contribution >= 4 is 45.8 Å². The molecular weight excluding hydrogens is 436 g/mol. The second-order valence-electron chi connectivity index (χ2n) is 7.80. The summed E-state index contributed by atoms with van der Waals surface area (Å²) in [6, 6.07) is 15.2. The van der Waals surface area contributed by atoms with Gasteiger partial charge in [-0.3, -0.25) is 4.79 Å². The van der Waals surface area contributed by atoms with Crippen molar-refractivity contribution in [3.63, 3.8) is 0 Å². The number of amides is 1. The van der Waals surface area contributed by atoms with E-state index in [0.29, 0.717) is 12.1 Å². The van der Waals surface area contributed by atoms with Crippen molar-refractivity contribution < 1.29 is 18.7 Å². The van der Waals surface area contributed by atoms with E-state index in [9.17, 15) is 9.59 Å². The molecule has 0 fully saturated rings. The molecule has 7 heteroatoms. The maximum absolute atomic E-state index is 13.2. The Hall–Kier alpha value is -3.71. The van der Waals surface area contributed by atoms with Gasteiger partial charge in [0.2, 0.25) is 0 Å². The van der Waals surface area contributed by atoms with Gasteiger partial charge in [-0.1, -0.05) is 24.3 Å². The molecule has 5 rings (SSSR count). The molecule has 166 valence electrons. The minimum Gasteiger partial charge on any atom is -0.465 e. The van der Waals surface area contributed by atoms with Crippen LogP contribution in [0, 0.1) is 0 Å². The summed E-state index contributed by atoms with van der Waals surface area (Å²) in [6.45, 7) is 0.0906. The number of rotatable bonds is 6. The number of esters is 1. The molecule has 0 aliphatic heterocycles. The van der Waals surface area contributed by atoms with E-state index in [2.05, 4.69) is 5.32 Å². The first-order chi connectivity index (χ1) is 16.2. The SMILES string of the molecule is O=C(COC(=O)c1c2c(nc3ccccc13)/C(=C/c1ccco1)CCC2)NCc1cccs1. The summed E-state index contributed by atoms with van der Waals surface area (Å²) >= 11 is 1.56. The van der Waals surface area contributed by atoms with Crippen molar-refractivity contribution in [2.45, 2.75) is 25.8 Å². The lowest BCUT2D eigenvalue weighted by molar-refractivity contribution is -0.124. The molecule has 1 aromatic carbocycles. The number of benzene rings is 1. The van der Waals surface area contributed by atoms with E-state index < -0.39 is 5.97 Å². The Morgan fingerprint density at radius 3 is 2.85 bits per heavy atom. The first-order valence-corrected chi connectivity index (χ1v) is 11.7. The molecule has 0 saturated heterocycles. The summed E-state index contributed by atoms with van der Waals surface area (Å²) in [7, 11) is 0. The average molecular weight is 459 g/mol. The number of pyridine rings is 1. The Kier molecular flexibility index (Phi) is 6.04. The van der Waals surface area contributed by atoms with Gasteiger partial charge < -0.3 is 14.5 Å². The molecule has 33 heavy (non-hydrogen) atoms. The third-order valence-corrected chi connectivity index (χ3v) is 6.48. The molecule has 4 aromatic rings. The van der Waals surface area contributed by atoms with Crippen LogP contribution in [-0.2, 0) is 22.5 Å². The monoisotopic (exact) mass is 458 g/mol. The van der Waals surface area contributed by atoms with Crippen molar-refractivity contribution in [2.75, 3.05) is 6.61 Å². The van der Waals surface area contributed by atoms with Crippen molar-refractivity contribution in [2.24, 2.45) is 0 Å². The van der Waals surface area contributed by atoms with Crippen LogP contribution in [0.25, 0.3) is 22.6 Å². The molecule has 0 unspecified atom stereocenters. The molecule has 6 nitrogen and oxygen atoms in total. The van der Waals surface area contributed by atoms with Crippen LogP contribution in [-0.4, -0.2) is 23.5 Å². The Balaban J connectivity index is 1.43. The number of aromatic nitrogens is 1. The van der Waals surface area contributed by atoms with E-state index in [1.165, 1.54) is 0 Å². The van der Waals surface area contributed by atoms with E-state index in [-0.39, 0.29) is 12.5 Å². The van der Waals surface area contributed by atoms with Gasteiger partial charge in [0.25, 0.3) is 5.91 Å². The normalized spacial score (nSPS) is 14.2. The highest BCUT2D eigenvalue weighted by atomic mass is 32.1. The third-order valence-electron chi connectivity index (χ3n) is 5.61. The first-order valence-electron chi connectivity index (χ1n) is 10.8.